The summed E-state index contributed by atoms with van der Waals surface area (Å²) in [6, 6.07) is 9.08. The SMILES string of the molecule is Cc1cc(C)nc(Nc2cccc(C(=O)NCCN)c2)n1. The van der Waals surface area contributed by atoms with Crippen LogP contribution in [0.3, 0.4) is 0 Å². The van der Waals surface area contributed by atoms with Crippen LogP contribution in [-0.4, -0.2) is 29.0 Å². The average Bonchev–Trinajstić information content (AvgIpc) is 2.44. The van der Waals surface area contributed by atoms with Gasteiger partial charge >= 0.3 is 0 Å². The Kier molecular flexibility index (Phi) is 4.84. The molecule has 1 amide bonds. The highest BCUT2D eigenvalue weighted by atomic mass is 16.1. The third-order valence-electron chi connectivity index (χ3n) is 2.79. The minimum atomic E-state index is -0.148. The Bertz CT molecular complexity index is 621. The van der Waals surface area contributed by atoms with Crippen molar-refractivity contribution in [2.24, 2.45) is 5.73 Å². The lowest BCUT2D eigenvalue weighted by Gasteiger charge is -2.08. The van der Waals surface area contributed by atoms with Gasteiger partial charge in [-0.05, 0) is 38.1 Å². The summed E-state index contributed by atoms with van der Waals surface area (Å²) < 4.78 is 0. The van der Waals surface area contributed by atoms with E-state index in [1.807, 2.05) is 32.0 Å². The van der Waals surface area contributed by atoms with Crippen LogP contribution < -0.4 is 16.4 Å². The molecule has 0 aliphatic heterocycles. The Morgan fingerprint density at radius 3 is 2.57 bits per heavy atom. The summed E-state index contributed by atoms with van der Waals surface area (Å²) in [7, 11) is 0. The van der Waals surface area contributed by atoms with E-state index in [1.54, 1.807) is 12.1 Å². The van der Waals surface area contributed by atoms with E-state index in [1.165, 1.54) is 0 Å². The maximum Gasteiger partial charge on any atom is 0.251 e. The van der Waals surface area contributed by atoms with E-state index < -0.39 is 0 Å². The number of hydrogen-bond acceptors (Lipinski definition) is 5. The van der Waals surface area contributed by atoms with Gasteiger partial charge in [-0.3, -0.25) is 4.79 Å². The number of nitrogens with two attached hydrogens (primary N) is 1. The molecule has 1 aromatic heterocycles. The maximum absolute atomic E-state index is 11.9. The van der Waals surface area contributed by atoms with Gasteiger partial charge < -0.3 is 16.4 Å². The molecule has 1 heterocycles. The smallest absolute Gasteiger partial charge is 0.251 e. The summed E-state index contributed by atoms with van der Waals surface area (Å²) in [5.41, 5.74) is 8.48. The summed E-state index contributed by atoms with van der Waals surface area (Å²) in [6.07, 6.45) is 0. The quantitative estimate of drug-likeness (QED) is 0.774. The molecule has 2 rings (SSSR count). The predicted octanol–water partition coefficient (Wildman–Crippen LogP) is 1.53. The highest BCUT2D eigenvalue weighted by Crippen LogP contribution is 2.15. The number of nitrogens with zero attached hydrogens (tertiary/aromatic N) is 2. The zero-order valence-electron chi connectivity index (χ0n) is 12.2. The first-order valence-corrected chi connectivity index (χ1v) is 6.76. The van der Waals surface area contributed by atoms with Crippen LogP contribution in [0.15, 0.2) is 30.3 Å². The number of rotatable bonds is 5. The van der Waals surface area contributed by atoms with Crippen LogP contribution in [0, 0.1) is 13.8 Å². The third-order valence-corrected chi connectivity index (χ3v) is 2.79. The van der Waals surface area contributed by atoms with E-state index in [0.29, 0.717) is 24.6 Å². The van der Waals surface area contributed by atoms with E-state index in [0.717, 1.165) is 17.1 Å². The van der Waals surface area contributed by atoms with Crippen molar-refractivity contribution >= 4 is 17.5 Å². The molecule has 0 aliphatic rings. The van der Waals surface area contributed by atoms with Gasteiger partial charge in [0, 0.05) is 35.7 Å². The fourth-order valence-corrected chi connectivity index (χ4v) is 1.94. The van der Waals surface area contributed by atoms with E-state index in [2.05, 4.69) is 20.6 Å². The fraction of sp³-hybridized carbons (Fsp3) is 0.267. The molecule has 0 saturated carbocycles. The number of hydrogen-bond donors (Lipinski definition) is 3. The first-order chi connectivity index (χ1) is 10.1. The maximum atomic E-state index is 11.9. The van der Waals surface area contributed by atoms with Gasteiger partial charge in [-0.25, -0.2) is 9.97 Å². The second kappa shape index (κ2) is 6.81. The summed E-state index contributed by atoms with van der Waals surface area (Å²) in [5.74, 6) is 0.373. The Morgan fingerprint density at radius 2 is 1.90 bits per heavy atom. The van der Waals surface area contributed by atoms with E-state index in [9.17, 15) is 4.79 Å². The number of amides is 1. The number of carbonyl (C=O) groups excluding carboxylic acids is 1. The largest absolute Gasteiger partial charge is 0.351 e. The number of carbonyl (C=O) groups is 1. The number of aromatic nitrogens is 2. The van der Waals surface area contributed by atoms with Crippen molar-refractivity contribution in [3.8, 4) is 0 Å². The first kappa shape index (κ1) is 14.9. The number of aryl methyl sites for hydroxylation is 2. The predicted molar refractivity (Wildman–Crippen MR) is 82.6 cm³/mol. The summed E-state index contributed by atoms with van der Waals surface area (Å²) in [5, 5.41) is 5.84. The van der Waals surface area contributed by atoms with Gasteiger partial charge in [-0.1, -0.05) is 6.07 Å². The molecule has 0 unspecified atom stereocenters. The van der Waals surface area contributed by atoms with Crippen LogP contribution in [0.5, 0.6) is 0 Å². The number of nitrogens with one attached hydrogen (secondary N) is 2. The molecular formula is C15H19N5O. The lowest BCUT2D eigenvalue weighted by molar-refractivity contribution is 0.0955. The van der Waals surface area contributed by atoms with Crippen molar-refractivity contribution < 1.29 is 4.79 Å². The summed E-state index contributed by atoms with van der Waals surface area (Å²) in [4.78, 5) is 20.5. The molecule has 4 N–H and O–H groups in total. The van der Waals surface area contributed by atoms with Crippen LogP contribution in [0.1, 0.15) is 21.7 Å². The van der Waals surface area contributed by atoms with Crippen molar-refractivity contribution in [3.05, 3.63) is 47.3 Å². The monoisotopic (exact) mass is 285 g/mol. The van der Waals surface area contributed by atoms with E-state index in [-0.39, 0.29) is 5.91 Å². The minimum Gasteiger partial charge on any atom is -0.351 e. The van der Waals surface area contributed by atoms with Gasteiger partial charge in [0.15, 0.2) is 0 Å². The fourth-order valence-electron chi connectivity index (χ4n) is 1.94. The van der Waals surface area contributed by atoms with Crippen LogP contribution in [0.4, 0.5) is 11.6 Å². The van der Waals surface area contributed by atoms with E-state index in [4.69, 9.17) is 5.73 Å². The normalized spacial score (nSPS) is 10.2. The number of anilines is 2. The summed E-state index contributed by atoms with van der Waals surface area (Å²) in [6.45, 7) is 4.70. The van der Waals surface area contributed by atoms with Crippen molar-refractivity contribution in [3.63, 3.8) is 0 Å². The van der Waals surface area contributed by atoms with Crippen molar-refractivity contribution in [1.82, 2.24) is 15.3 Å². The Balaban J connectivity index is 2.15. The van der Waals surface area contributed by atoms with Crippen LogP contribution in [0.25, 0.3) is 0 Å². The molecule has 1 aromatic carbocycles. The van der Waals surface area contributed by atoms with Crippen LogP contribution >= 0.6 is 0 Å². The molecule has 0 aliphatic carbocycles. The van der Waals surface area contributed by atoms with Gasteiger partial charge in [0.25, 0.3) is 5.91 Å². The zero-order chi connectivity index (χ0) is 15.2. The van der Waals surface area contributed by atoms with Gasteiger partial charge in [-0.2, -0.15) is 0 Å². The summed E-state index contributed by atoms with van der Waals surface area (Å²) >= 11 is 0. The third kappa shape index (κ3) is 4.25. The molecule has 6 heteroatoms. The van der Waals surface area contributed by atoms with Crippen molar-refractivity contribution in [1.29, 1.82) is 0 Å². The minimum absolute atomic E-state index is 0.148. The highest BCUT2D eigenvalue weighted by Gasteiger charge is 2.06. The standard InChI is InChI=1S/C15H19N5O/c1-10-8-11(2)19-15(18-10)20-13-5-3-4-12(9-13)14(21)17-7-6-16/h3-5,8-9H,6-7,16H2,1-2H3,(H,17,21)(H,18,19,20). The first-order valence-electron chi connectivity index (χ1n) is 6.76. The molecule has 0 atom stereocenters. The highest BCUT2D eigenvalue weighted by molar-refractivity contribution is 5.95. The lowest BCUT2D eigenvalue weighted by Crippen LogP contribution is -2.28. The molecule has 110 valence electrons. The molecule has 0 bridgehead atoms. The molecule has 0 spiro atoms. The molecule has 2 aromatic rings. The average molecular weight is 285 g/mol. The van der Waals surface area contributed by atoms with Crippen LogP contribution in [0.2, 0.25) is 0 Å². The Hall–Kier alpha value is -2.47. The van der Waals surface area contributed by atoms with E-state index >= 15 is 0 Å². The van der Waals surface area contributed by atoms with Crippen LogP contribution in [-0.2, 0) is 0 Å². The molecular weight excluding hydrogens is 266 g/mol. The number of benzene rings is 1. The molecule has 0 fully saturated rings. The van der Waals surface area contributed by atoms with Gasteiger partial charge in [-0.15, -0.1) is 0 Å². The molecule has 0 saturated heterocycles. The Labute approximate surface area is 123 Å². The molecule has 0 radical (unpaired) electrons. The second-order valence-electron chi connectivity index (χ2n) is 4.72. The topological polar surface area (TPSA) is 92.9 Å². The van der Waals surface area contributed by atoms with Gasteiger partial charge in [0.2, 0.25) is 5.95 Å². The van der Waals surface area contributed by atoms with Crippen molar-refractivity contribution in [2.45, 2.75) is 13.8 Å². The van der Waals surface area contributed by atoms with Crippen molar-refractivity contribution in [2.75, 3.05) is 18.4 Å². The molecule has 21 heavy (non-hydrogen) atoms. The van der Waals surface area contributed by atoms with Gasteiger partial charge in [0.05, 0.1) is 0 Å². The Morgan fingerprint density at radius 1 is 1.19 bits per heavy atom. The van der Waals surface area contributed by atoms with Gasteiger partial charge in [0.1, 0.15) is 0 Å². The molecule has 6 nitrogen and oxygen atoms in total. The lowest BCUT2D eigenvalue weighted by atomic mass is 10.2. The second-order valence-corrected chi connectivity index (χ2v) is 4.72. The zero-order valence-corrected chi connectivity index (χ0v) is 12.2.